The maximum Gasteiger partial charge on any atom is 0.322 e. The van der Waals surface area contributed by atoms with Gasteiger partial charge in [-0.05, 0) is 39.2 Å². The zero-order chi connectivity index (χ0) is 21.9. The van der Waals surface area contributed by atoms with E-state index in [1.165, 1.54) is 20.8 Å². The Morgan fingerprint density at radius 3 is 1.71 bits per heavy atom. The molecule has 0 rings (SSSR count). The van der Waals surface area contributed by atoms with E-state index in [1.54, 1.807) is 11.8 Å². The van der Waals surface area contributed by atoms with Crippen molar-refractivity contribution in [3.8, 4) is 0 Å². The standard InChI is InChI=1S/C16H29N5O6S/c1-8(13(24)18-7-12(22)23)19-14(25)9(2)20-15(26)10(3)21-16(27)11(17)5-6-28-4/h8-11H,5-7,17H2,1-4H3,(H,18,24)(H,19,25)(H,20,26)(H,21,27)(H,22,23)/t8-,9-,10-,11-/m0/s1. The highest BCUT2D eigenvalue weighted by Gasteiger charge is 2.24. The number of thioether (sulfide) groups is 1. The first-order chi connectivity index (χ1) is 13.0. The van der Waals surface area contributed by atoms with Crippen molar-refractivity contribution in [1.29, 1.82) is 0 Å². The first kappa shape index (κ1) is 25.7. The third kappa shape index (κ3) is 10.1. The van der Waals surface area contributed by atoms with Crippen molar-refractivity contribution < 1.29 is 29.1 Å². The summed E-state index contributed by atoms with van der Waals surface area (Å²) in [5, 5.41) is 17.9. The summed E-state index contributed by atoms with van der Waals surface area (Å²) in [5.74, 6) is -2.86. The topological polar surface area (TPSA) is 180 Å². The molecule has 160 valence electrons. The lowest BCUT2D eigenvalue weighted by Gasteiger charge is -2.21. The van der Waals surface area contributed by atoms with Gasteiger partial charge in [-0.2, -0.15) is 11.8 Å². The number of hydrogen-bond donors (Lipinski definition) is 6. The predicted molar refractivity (Wildman–Crippen MR) is 104 cm³/mol. The number of carbonyl (C=O) groups is 5. The lowest BCUT2D eigenvalue weighted by molar-refractivity contribution is -0.138. The molecule has 4 atom stereocenters. The number of rotatable bonds is 12. The molecule has 0 bridgehead atoms. The lowest BCUT2D eigenvalue weighted by Crippen LogP contribution is -2.56. The van der Waals surface area contributed by atoms with Gasteiger partial charge in [-0.15, -0.1) is 0 Å². The molecule has 4 amide bonds. The number of carboxylic acid groups (broad SMARTS) is 1. The van der Waals surface area contributed by atoms with E-state index in [2.05, 4.69) is 21.3 Å². The van der Waals surface area contributed by atoms with Gasteiger partial charge in [0.15, 0.2) is 0 Å². The van der Waals surface area contributed by atoms with Crippen molar-refractivity contribution in [2.45, 2.75) is 51.4 Å². The highest BCUT2D eigenvalue weighted by atomic mass is 32.2. The minimum absolute atomic E-state index is 0.461. The summed E-state index contributed by atoms with van der Waals surface area (Å²) in [7, 11) is 0. The van der Waals surface area contributed by atoms with Crippen molar-refractivity contribution >= 4 is 41.4 Å². The largest absolute Gasteiger partial charge is 0.480 e. The van der Waals surface area contributed by atoms with Crippen molar-refractivity contribution in [3.05, 3.63) is 0 Å². The van der Waals surface area contributed by atoms with Crippen molar-refractivity contribution in [2.75, 3.05) is 18.6 Å². The van der Waals surface area contributed by atoms with Crippen LogP contribution in [-0.2, 0) is 24.0 Å². The molecular formula is C16H29N5O6S. The predicted octanol–water partition coefficient (Wildman–Crippen LogP) is -2.22. The summed E-state index contributed by atoms with van der Waals surface area (Å²) in [4.78, 5) is 58.2. The molecule has 0 aliphatic carbocycles. The first-order valence-corrected chi connectivity index (χ1v) is 10.0. The molecule has 0 unspecified atom stereocenters. The molecule has 11 nitrogen and oxygen atoms in total. The second-order valence-corrected chi connectivity index (χ2v) is 7.18. The van der Waals surface area contributed by atoms with Crippen LogP contribution in [0.1, 0.15) is 27.2 Å². The van der Waals surface area contributed by atoms with E-state index in [0.29, 0.717) is 12.2 Å². The van der Waals surface area contributed by atoms with E-state index in [4.69, 9.17) is 10.8 Å². The van der Waals surface area contributed by atoms with E-state index in [0.717, 1.165) is 0 Å². The maximum absolute atomic E-state index is 12.1. The van der Waals surface area contributed by atoms with Gasteiger partial charge in [-0.25, -0.2) is 0 Å². The fourth-order valence-electron chi connectivity index (χ4n) is 1.89. The number of nitrogens with two attached hydrogens (primary N) is 1. The molecule has 0 aliphatic heterocycles. The summed E-state index contributed by atoms with van der Waals surface area (Å²) in [6.07, 6.45) is 2.37. The van der Waals surface area contributed by atoms with E-state index in [-0.39, 0.29) is 0 Å². The molecule has 0 radical (unpaired) electrons. The Morgan fingerprint density at radius 2 is 1.29 bits per heavy atom. The highest BCUT2D eigenvalue weighted by Crippen LogP contribution is 1.99. The number of nitrogens with one attached hydrogen (secondary N) is 4. The van der Waals surface area contributed by atoms with Gasteiger partial charge < -0.3 is 32.1 Å². The molecule has 0 fully saturated rings. The van der Waals surface area contributed by atoms with Crippen LogP contribution in [0.4, 0.5) is 0 Å². The third-order valence-corrected chi connectivity index (χ3v) is 4.28. The van der Waals surface area contributed by atoms with Crippen LogP contribution >= 0.6 is 11.8 Å². The van der Waals surface area contributed by atoms with Crippen LogP contribution in [0.5, 0.6) is 0 Å². The van der Waals surface area contributed by atoms with E-state index in [1.807, 2.05) is 6.26 Å². The molecule has 7 N–H and O–H groups in total. The van der Waals surface area contributed by atoms with E-state index < -0.39 is 60.3 Å². The van der Waals surface area contributed by atoms with Crippen LogP contribution in [0.2, 0.25) is 0 Å². The molecule has 12 heteroatoms. The van der Waals surface area contributed by atoms with Gasteiger partial charge in [0.25, 0.3) is 0 Å². The molecule has 0 heterocycles. The van der Waals surface area contributed by atoms with E-state index in [9.17, 15) is 24.0 Å². The quantitative estimate of drug-likeness (QED) is 0.206. The molecule has 28 heavy (non-hydrogen) atoms. The van der Waals surface area contributed by atoms with Crippen molar-refractivity contribution in [3.63, 3.8) is 0 Å². The molecular weight excluding hydrogens is 390 g/mol. The number of carbonyl (C=O) groups excluding carboxylic acids is 4. The summed E-state index contributed by atoms with van der Waals surface area (Å²) in [5.41, 5.74) is 5.73. The molecule has 0 aliphatic rings. The normalized spacial score (nSPS) is 14.8. The second kappa shape index (κ2) is 12.9. The second-order valence-electron chi connectivity index (χ2n) is 6.19. The van der Waals surface area contributed by atoms with Crippen LogP contribution in [0.3, 0.4) is 0 Å². The number of carboxylic acids is 1. The average Bonchev–Trinajstić information content (AvgIpc) is 2.63. The third-order valence-electron chi connectivity index (χ3n) is 3.64. The summed E-state index contributed by atoms with van der Waals surface area (Å²) < 4.78 is 0. The minimum atomic E-state index is -1.21. The van der Waals surface area contributed by atoms with Crippen LogP contribution in [0.25, 0.3) is 0 Å². The fourth-order valence-corrected chi connectivity index (χ4v) is 2.38. The molecule has 0 aromatic rings. The van der Waals surface area contributed by atoms with Gasteiger partial charge in [0, 0.05) is 0 Å². The van der Waals surface area contributed by atoms with Gasteiger partial charge in [-0.3, -0.25) is 24.0 Å². The van der Waals surface area contributed by atoms with Crippen LogP contribution in [0.15, 0.2) is 0 Å². The Bertz CT molecular complexity index is 588. The minimum Gasteiger partial charge on any atom is -0.480 e. The average molecular weight is 420 g/mol. The lowest BCUT2D eigenvalue weighted by atomic mass is 10.2. The smallest absolute Gasteiger partial charge is 0.322 e. The zero-order valence-electron chi connectivity index (χ0n) is 16.4. The van der Waals surface area contributed by atoms with Crippen LogP contribution < -0.4 is 27.0 Å². The van der Waals surface area contributed by atoms with Gasteiger partial charge >= 0.3 is 5.97 Å². The monoisotopic (exact) mass is 419 g/mol. The van der Waals surface area contributed by atoms with Crippen molar-refractivity contribution in [2.24, 2.45) is 5.73 Å². The summed E-state index contributed by atoms with van der Waals surface area (Å²) >= 11 is 1.55. The van der Waals surface area contributed by atoms with Gasteiger partial charge in [0.2, 0.25) is 23.6 Å². The molecule has 0 aromatic heterocycles. The fraction of sp³-hybridized carbons (Fsp3) is 0.688. The maximum atomic E-state index is 12.1. The Kier molecular flexibility index (Phi) is 11.9. The Balaban J connectivity index is 4.47. The number of hydrogen-bond acceptors (Lipinski definition) is 7. The highest BCUT2D eigenvalue weighted by molar-refractivity contribution is 7.98. The van der Waals surface area contributed by atoms with Crippen LogP contribution in [-0.4, -0.2) is 77.4 Å². The Hall–Kier alpha value is -2.34. The Labute approximate surface area is 167 Å². The molecule has 0 saturated carbocycles. The summed E-state index contributed by atoms with van der Waals surface area (Å²) in [6.45, 7) is 3.68. The molecule has 0 spiro atoms. The van der Waals surface area contributed by atoms with Gasteiger partial charge in [0.05, 0.1) is 6.04 Å². The van der Waals surface area contributed by atoms with Gasteiger partial charge in [0.1, 0.15) is 24.7 Å². The number of amides is 4. The summed E-state index contributed by atoms with van der Waals surface area (Å²) in [6, 6.07) is -3.60. The zero-order valence-corrected chi connectivity index (χ0v) is 17.2. The first-order valence-electron chi connectivity index (χ1n) is 8.64. The van der Waals surface area contributed by atoms with E-state index >= 15 is 0 Å². The van der Waals surface area contributed by atoms with Crippen molar-refractivity contribution in [1.82, 2.24) is 21.3 Å². The molecule has 0 saturated heterocycles. The van der Waals surface area contributed by atoms with Gasteiger partial charge in [-0.1, -0.05) is 0 Å². The van der Waals surface area contributed by atoms with Crippen LogP contribution in [0, 0.1) is 0 Å². The molecule has 0 aromatic carbocycles. The Morgan fingerprint density at radius 1 is 0.857 bits per heavy atom. The number of aliphatic carboxylic acids is 1. The SMILES string of the molecule is CSCC[C@H](N)C(=O)N[C@@H](C)C(=O)N[C@@H](C)C(=O)N[C@@H](C)C(=O)NCC(=O)O.